The lowest BCUT2D eigenvalue weighted by atomic mass is 10.0. The Morgan fingerprint density at radius 1 is 1.25 bits per heavy atom. The zero-order valence-corrected chi connectivity index (χ0v) is 9.42. The second-order valence-corrected chi connectivity index (χ2v) is 3.68. The van der Waals surface area contributed by atoms with Crippen LogP contribution in [-0.4, -0.2) is 19.5 Å². The number of halogens is 2. The largest absolute Gasteiger partial charge is 0.329 e. The van der Waals surface area contributed by atoms with Crippen molar-refractivity contribution in [3.8, 4) is 0 Å². The molecule has 0 saturated heterocycles. The maximum atomic E-state index is 12.1. The first-order valence-electron chi connectivity index (χ1n) is 5.47. The number of rotatable bonds is 6. The van der Waals surface area contributed by atoms with Crippen LogP contribution in [0.1, 0.15) is 24.1 Å². The van der Waals surface area contributed by atoms with Crippen molar-refractivity contribution < 1.29 is 8.78 Å². The van der Waals surface area contributed by atoms with Crippen molar-refractivity contribution in [2.45, 2.75) is 25.8 Å². The normalized spacial score (nSPS) is 13.1. The zero-order valence-electron chi connectivity index (χ0n) is 9.42. The van der Waals surface area contributed by atoms with Crippen LogP contribution in [0.15, 0.2) is 24.3 Å². The number of hydrogen-bond donors (Lipinski definition) is 2. The van der Waals surface area contributed by atoms with Gasteiger partial charge in [-0.3, -0.25) is 0 Å². The highest BCUT2D eigenvalue weighted by molar-refractivity contribution is 5.25. The Kier molecular flexibility index (Phi) is 5.35. The minimum absolute atomic E-state index is 0.195. The van der Waals surface area contributed by atoms with E-state index in [9.17, 15) is 8.78 Å². The molecule has 0 heterocycles. The number of aryl methyl sites for hydroxylation is 1. The van der Waals surface area contributed by atoms with Crippen molar-refractivity contribution in [3.63, 3.8) is 0 Å². The highest BCUT2D eigenvalue weighted by Crippen LogP contribution is 2.13. The topological polar surface area (TPSA) is 38.0 Å². The molecule has 0 aliphatic rings. The summed E-state index contributed by atoms with van der Waals surface area (Å²) in [5.74, 6) is 0. The molecule has 0 aromatic heterocycles. The number of hydrogen-bond acceptors (Lipinski definition) is 2. The Balaban J connectivity index is 2.63. The van der Waals surface area contributed by atoms with Crippen molar-refractivity contribution in [2.24, 2.45) is 5.73 Å². The first-order valence-corrected chi connectivity index (χ1v) is 5.47. The Morgan fingerprint density at radius 3 is 2.31 bits per heavy atom. The van der Waals surface area contributed by atoms with Crippen molar-refractivity contribution in [2.75, 3.05) is 13.1 Å². The fourth-order valence-corrected chi connectivity index (χ4v) is 1.55. The van der Waals surface area contributed by atoms with Gasteiger partial charge in [-0.1, -0.05) is 31.2 Å². The third-order valence-electron chi connectivity index (χ3n) is 2.54. The van der Waals surface area contributed by atoms with Gasteiger partial charge in [0.2, 0.25) is 0 Å². The first-order chi connectivity index (χ1) is 7.67. The Labute approximate surface area is 94.8 Å². The van der Waals surface area contributed by atoms with Gasteiger partial charge in [-0.15, -0.1) is 0 Å². The summed E-state index contributed by atoms with van der Waals surface area (Å²) in [6.07, 6.45) is -1.37. The lowest BCUT2D eigenvalue weighted by molar-refractivity contribution is 0.141. The average molecular weight is 228 g/mol. The van der Waals surface area contributed by atoms with E-state index in [1.54, 1.807) is 0 Å². The van der Waals surface area contributed by atoms with Gasteiger partial charge in [0, 0.05) is 12.6 Å². The summed E-state index contributed by atoms with van der Waals surface area (Å²) in [5.41, 5.74) is 7.74. The molecule has 0 aliphatic heterocycles. The van der Waals surface area contributed by atoms with E-state index in [4.69, 9.17) is 5.73 Å². The van der Waals surface area contributed by atoms with Crippen molar-refractivity contribution >= 4 is 0 Å². The predicted octanol–water partition coefficient (Wildman–Crippen LogP) is 2.10. The molecule has 0 aliphatic carbocycles. The molecule has 90 valence electrons. The van der Waals surface area contributed by atoms with Gasteiger partial charge < -0.3 is 11.1 Å². The Hall–Kier alpha value is -1.00. The second kappa shape index (κ2) is 6.55. The summed E-state index contributed by atoms with van der Waals surface area (Å²) in [5, 5.41) is 2.75. The maximum absolute atomic E-state index is 12.1. The zero-order chi connectivity index (χ0) is 12.0. The van der Waals surface area contributed by atoms with Crippen LogP contribution in [-0.2, 0) is 6.42 Å². The van der Waals surface area contributed by atoms with Gasteiger partial charge in [0.1, 0.15) is 0 Å². The molecule has 1 unspecified atom stereocenters. The fraction of sp³-hybridized carbons (Fsp3) is 0.500. The van der Waals surface area contributed by atoms with Crippen LogP contribution in [0.5, 0.6) is 0 Å². The van der Waals surface area contributed by atoms with Gasteiger partial charge >= 0.3 is 0 Å². The van der Waals surface area contributed by atoms with Gasteiger partial charge in [0.25, 0.3) is 6.43 Å². The molecule has 16 heavy (non-hydrogen) atoms. The minimum atomic E-state index is -2.34. The number of nitrogens with one attached hydrogen (secondary N) is 1. The molecule has 0 radical (unpaired) electrons. The predicted molar refractivity (Wildman–Crippen MR) is 61.6 cm³/mol. The van der Waals surface area contributed by atoms with Crippen LogP contribution in [0.4, 0.5) is 8.78 Å². The third-order valence-corrected chi connectivity index (χ3v) is 2.54. The molecule has 4 heteroatoms. The second-order valence-electron chi connectivity index (χ2n) is 3.68. The van der Waals surface area contributed by atoms with Gasteiger partial charge in [-0.05, 0) is 17.5 Å². The molecule has 1 atom stereocenters. The van der Waals surface area contributed by atoms with E-state index in [1.165, 1.54) is 5.56 Å². The van der Waals surface area contributed by atoms with E-state index in [2.05, 4.69) is 12.2 Å². The summed E-state index contributed by atoms with van der Waals surface area (Å²) in [7, 11) is 0. The number of nitrogens with two attached hydrogens (primary N) is 1. The molecule has 1 aromatic rings. The lowest BCUT2D eigenvalue weighted by Gasteiger charge is -2.17. The van der Waals surface area contributed by atoms with Crippen LogP contribution >= 0.6 is 0 Å². The SMILES string of the molecule is CCc1ccc(C(CN)NCC(F)F)cc1. The molecule has 0 spiro atoms. The average Bonchev–Trinajstić information content (AvgIpc) is 2.30. The maximum Gasteiger partial charge on any atom is 0.250 e. The molecular formula is C12H18F2N2. The molecule has 0 fully saturated rings. The van der Waals surface area contributed by atoms with Crippen LogP contribution in [0, 0.1) is 0 Å². The molecule has 0 bridgehead atoms. The molecule has 1 aromatic carbocycles. The van der Waals surface area contributed by atoms with Crippen molar-refractivity contribution in [1.82, 2.24) is 5.32 Å². The third kappa shape index (κ3) is 3.87. The van der Waals surface area contributed by atoms with Crippen LogP contribution < -0.4 is 11.1 Å². The van der Waals surface area contributed by atoms with Crippen molar-refractivity contribution in [3.05, 3.63) is 35.4 Å². The highest BCUT2D eigenvalue weighted by atomic mass is 19.3. The molecule has 0 saturated carbocycles. The van der Waals surface area contributed by atoms with E-state index >= 15 is 0 Å². The molecule has 2 nitrogen and oxygen atoms in total. The fourth-order valence-electron chi connectivity index (χ4n) is 1.55. The van der Waals surface area contributed by atoms with E-state index in [0.717, 1.165) is 12.0 Å². The summed E-state index contributed by atoms with van der Waals surface area (Å²) >= 11 is 0. The van der Waals surface area contributed by atoms with Crippen molar-refractivity contribution in [1.29, 1.82) is 0 Å². The first kappa shape index (κ1) is 13.1. The molecule has 3 N–H and O–H groups in total. The van der Waals surface area contributed by atoms with E-state index < -0.39 is 6.43 Å². The smallest absolute Gasteiger partial charge is 0.250 e. The van der Waals surface area contributed by atoms with Gasteiger partial charge in [-0.2, -0.15) is 0 Å². The van der Waals surface area contributed by atoms with E-state index in [-0.39, 0.29) is 12.6 Å². The van der Waals surface area contributed by atoms with E-state index in [0.29, 0.717) is 6.54 Å². The highest BCUT2D eigenvalue weighted by Gasteiger charge is 2.11. The van der Waals surface area contributed by atoms with Crippen LogP contribution in [0.25, 0.3) is 0 Å². The molecular weight excluding hydrogens is 210 g/mol. The Bertz CT molecular complexity index is 298. The number of alkyl halides is 2. The van der Waals surface area contributed by atoms with Gasteiger partial charge in [0.15, 0.2) is 0 Å². The Morgan fingerprint density at radius 2 is 1.88 bits per heavy atom. The quantitative estimate of drug-likeness (QED) is 0.782. The van der Waals surface area contributed by atoms with Crippen LogP contribution in [0.2, 0.25) is 0 Å². The summed E-state index contributed by atoms with van der Waals surface area (Å²) < 4.78 is 24.1. The standard InChI is InChI=1S/C12H18F2N2/c1-2-9-3-5-10(6-4-9)11(7-15)16-8-12(13)14/h3-6,11-12,16H,2,7-8,15H2,1H3. The minimum Gasteiger partial charge on any atom is -0.329 e. The number of benzene rings is 1. The summed E-state index contributed by atoms with van der Waals surface area (Å²) in [6, 6.07) is 7.69. The summed E-state index contributed by atoms with van der Waals surface area (Å²) in [4.78, 5) is 0. The monoisotopic (exact) mass is 228 g/mol. The van der Waals surface area contributed by atoms with Crippen LogP contribution in [0.3, 0.4) is 0 Å². The summed E-state index contributed by atoms with van der Waals surface area (Å²) in [6.45, 7) is 2.07. The van der Waals surface area contributed by atoms with Gasteiger partial charge in [-0.25, -0.2) is 8.78 Å². The lowest BCUT2D eigenvalue weighted by Crippen LogP contribution is -2.31. The molecule has 0 amide bonds. The molecule has 1 rings (SSSR count). The van der Waals surface area contributed by atoms with E-state index in [1.807, 2.05) is 24.3 Å². The van der Waals surface area contributed by atoms with Gasteiger partial charge in [0.05, 0.1) is 6.54 Å².